The Labute approximate surface area is 148 Å². The van der Waals surface area contributed by atoms with Crippen molar-refractivity contribution in [1.82, 2.24) is 14.6 Å². The van der Waals surface area contributed by atoms with Gasteiger partial charge in [0.05, 0.1) is 18.4 Å². The molecule has 0 saturated carbocycles. The van der Waals surface area contributed by atoms with E-state index in [4.69, 9.17) is 14.8 Å². The Hall–Kier alpha value is -2.56. The molecule has 1 aromatic carbocycles. The number of rotatable bonds is 3. The fourth-order valence-electron chi connectivity index (χ4n) is 3.74. The van der Waals surface area contributed by atoms with Gasteiger partial charge in [0, 0.05) is 30.4 Å². The summed E-state index contributed by atoms with van der Waals surface area (Å²) in [5.74, 6) is 2.00. The minimum Gasteiger partial charge on any atom is -0.496 e. The van der Waals surface area contributed by atoms with Crippen LogP contribution in [-0.2, 0) is 0 Å². The molecule has 1 saturated heterocycles. The average molecular weight is 336 g/mol. The molecule has 0 spiro atoms. The molecule has 0 unspecified atom stereocenters. The van der Waals surface area contributed by atoms with Crippen LogP contribution in [0.25, 0.3) is 16.8 Å². The Morgan fingerprint density at radius 2 is 1.80 bits per heavy atom. The highest BCUT2D eigenvalue weighted by atomic mass is 16.5. The number of hydrogen-bond acceptors (Lipinski definition) is 4. The van der Waals surface area contributed by atoms with Crippen molar-refractivity contribution >= 4 is 11.5 Å². The highest BCUT2D eigenvalue weighted by molar-refractivity contribution is 5.84. The molecule has 1 aliphatic heterocycles. The number of benzene rings is 1. The first-order valence-corrected chi connectivity index (χ1v) is 8.94. The number of ether oxygens (including phenoxy) is 1. The normalized spacial score (nSPS) is 14.9. The minimum absolute atomic E-state index is 0.850. The Morgan fingerprint density at radius 3 is 2.56 bits per heavy atom. The number of aromatic nitrogens is 3. The third-order valence-electron chi connectivity index (χ3n) is 4.93. The van der Waals surface area contributed by atoms with Crippen LogP contribution in [-0.4, -0.2) is 34.8 Å². The molecule has 0 radical (unpaired) electrons. The lowest BCUT2D eigenvalue weighted by Gasteiger charge is -2.29. The molecule has 4 rings (SSSR count). The summed E-state index contributed by atoms with van der Waals surface area (Å²) >= 11 is 0. The number of methoxy groups -OCH3 is 1. The van der Waals surface area contributed by atoms with Crippen LogP contribution in [0.2, 0.25) is 0 Å². The summed E-state index contributed by atoms with van der Waals surface area (Å²) in [4.78, 5) is 7.26. The zero-order valence-electron chi connectivity index (χ0n) is 15.1. The van der Waals surface area contributed by atoms with Crippen molar-refractivity contribution in [2.75, 3.05) is 25.1 Å². The van der Waals surface area contributed by atoms with Crippen molar-refractivity contribution in [1.29, 1.82) is 0 Å². The predicted molar refractivity (Wildman–Crippen MR) is 101 cm³/mol. The van der Waals surface area contributed by atoms with E-state index in [1.165, 1.54) is 19.3 Å². The summed E-state index contributed by atoms with van der Waals surface area (Å²) in [6.07, 6.45) is 3.79. The van der Waals surface area contributed by atoms with E-state index in [1.54, 1.807) is 7.11 Å². The van der Waals surface area contributed by atoms with Gasteiger partial charge < -0.3 is 9.64 Å². The fourth-order valence-corrected chi connectivity index (χ4v) is 3.74. The molecule has 5 heteroatoms. The van der Waals surface area contributed by atoms with Crippen LogP contribution in [0, 0.1) is 13.8 Å². The quantitative estimate of drug-likeness (QED) is 0.725. The maximum atomic E-state index is 5.57. The molecule has 2 aromatic heterocycles. The number of piperidine rings is 1. The van der Waals surface area contributed by atoms with Gasteiger partial charge in [-0.25, -0.2) is 4.98 Å². The number of aryl methyl sites for hydroxylation is 2. The second kappa shape index (κ2) is 6.39. The second-order valence-electron chi connectivity index (χ2n) is 6.70. The molecule has 0 aliphatic carbocycles. The largest absolute Gasteiger partial charge is 0.496 e. The van der Waals surface area contributed by atoms with E-state index in [2.05, 4.69) is 24.0 Å². The molecule has 0 atom stereocenters. The first-order valence-electron chi connectivity index (χ1n) is 8.94. The van der Waals surface area contributed by atoms with Gasteiger partial charge in [-0.3, -0.25) is 0 Å². The SMILES string of the molecule is COc1ccccc1-c1c(C)nn2c(N3CCCCC3)cc(C)nc12. The standard InChI is InChI=1S/C20H24N4O/c1-14-13-18(23-11-7-4-8-12-23)24-20(21-14)19(15(2)22-24)16-9-5-6-10-17(16)25-3/h5-6,9-10,13H,4,7-8,11-12H2,1-3H3. The van der Waals surface area contributed by atoms with Crippen molar-refractivity contribution in [2.24, 2.45) is 0 Å². The van der Waals surface area contributed by atoms with E-state index in [-0.39, 0.29) is 0 Å². The van der Waals surface area contributed by atoms with E-state index in [1.807, 2.05) is 29.6 Å². The van der Waals surface area contributed by atoms with Crippen LogP contribution >= 0.6 is 0 Å². The van der Waals surface area contributed by atoms with Gasteiger partial charge in [0.25, 0.3) is 0 Å². The van der Waals surface area contributed by atoms with Gasteiger partial charge in [-0.2, -0.15) is 9.61 Å². The minimum atomic E-state index is 0.850. The van der Waals surface area contributed by atoms with Crippen molar-refractivity contribution in [3.63, 3.8) is 0 Å². The van der Waals surface area contributed by atoms with E-state index < -0.39 is 0 Å². The molecule has 3 aromatic rings. The lowest BCUT2D eigenvalue weighted by Crippen LogP contribution is -2.31. The molecule has 1 aliphatic rings. The zero-order chi connectivity index (χ0) is 17.4. The average Bonchev–Trinajstić information content (AvgIpc) is 2.97. The molecule has 0 N–H and O–H groups in total. The molecule has 0 bridgehead atoms. The number of hydrogen-bond donors (Lipinski definition) is 0. The molecule has 25 heavy (non-hydrogen) atoms. The Balaban J connectivity index is 1.95. The molecule has 0 amide bonds. The van der Waals surface area contributed by atoms with Crippen LogP contribution in [0.4, 0.5) is 5.82 Å². The van der Waals surface area contributed by atoms with Crippen LogP contribution in [0.3, 0.4) is 0 Å². The monoisotopic (exact) mass is 336 g/mol. The molecule has 3 heterocycles. The van der Waals surface area contributed by atoms with Gasteiger partial charge >= 0.3 is 0 Å². The van der Waals surface area contributed by atoms with Crippen LogP contribution in [0.15, 0.2) is 30.3 Å². The zero-order valence-corrected chi connectivity index (χ0v) is 15.1. The number of para-hydroxylation sites is 1. The van der Waals surface area contributed by atoms with Crippen LogP contribution < -0.4 is 9.64 Å². The van der Waals surface area contributed by atoms with Crippen molar-refractivity contribution in [3.05, 3.63) is 41.7 Å². The van der Waals surface area contributed by atoms with E-state index in [0.29, 0.717) is 0 Å². The number of anilines is 1. The summed E-state index contributed by atoms with van der Waals surface area (Å²) in [5, 5.41) is 4.84. The molecule has 1 fully saturated rings. The van der Waals surface area contributed by atoms with Crippen LogP contribution in [0.1, 0.15) is 30.7 Å². The number of nitrogens with zero attached hydrogens (tertiary/aromatic N) is 4. The molecule has 5 nitrogen and oxygen atoms in total. The Kier molecular flexibility index (Phi) is 4.07. The van der Waals surface area contributed by atoms with Gasteiger partial charge in [0.15, 0.2) is 5.65 Å². The van der Waals surface area contributed by atoms with Gasteiger partial charge in [-0.05, 0) is 39.2 Å². The van der Waals surface area contributed by atoms with Gasteiger partial charge in [0.2, 0.25) is 0 Å². The highest BCUT2D eigenvalue weighted by Crippen LogP contribution is 2.36. The molecule has 130 valence electrons. The maximum Gasteiger partial charge on any atom is 0.165 e. The lowest BCUT2D eigenvalue weighted by atomic mass is 10.1. The Morgan fingerprint density at radius 1 is 1.04 bits per heavy atom. The van der Waals surface area contributed by atoms with E-state index in [9.17, 15) is 0 Å². The summed E-state index contributed by atoms with van der Waals surface area (Å²) < 4.78 is 7.58. The van der Waals surface area contributed by atoms with Crippen LogP contribution in [0.5, 0.6) is 5.75 Å². The first-order chi connectivity index (χ1) is 12.2. The summed E-state index contributed by atoms with van der Waals surface area (Å²) in [6.45, 7) is 6.27. The van der Waals surface area contributed by atoms with Gasteiger partial charge in [-0.15, -0.1) is 0 Å². The topological polar surface area (TPSA) is 42.7 Å². The molecular weight excluding hydrogens is 312 g/mol. The fraction of sp³-hybridized carbons (Fsp3) is 0.400. The van der Waals surface area contributed by atoms with Crippen molar-refractivity contribution in [2.45, 2.75) is 33.1 Å². The van der Waals surface area contributed by atoms with Crippen molar-refractivity contribution < 1.29 is 4.74 Å². The number of fused-ring (bicyclic) bond motifs is 1. The lowest BCUT2D eigenvalue weighted by molar-refractivity contribution is 0.416. The van der Waals surface area contributed by atoms with E-state index in [0.717, 1.165) is 52.8 Å². The van der Waals surface area contributed by atoms with Gasteiger partial charge in [-0.1, -0.05) is 18.2 Å². The Bertz CT molecular complexity index is 909. The third-order valence-corrected chi connectivity index (χ3v) is 4.93. The second-order valence-corrected chi connectivity index (χ2v) is 6.70. The maximum absolute atomic E-state index is 5.57. The summed E-state index contributed by atoms with van der Waals surface area (Å²) in [6, 6.07) is 10.2. The summed E-state index contributed by atoms with van der Waals surface area (Å²) in [7, 11) is 1.71. The predicted octanol–water partition coefficient (Wildman–Crippen LogP) is 4.01. The van der Waals surface area contributed by atoms with Gasteiger partial charge in [0.1, 0.15) is 11.6 Å². The van der Waals surface area contributed by atoms with Crippen molar-refractivity contribution in [3.8, 4) is 16.9 Å². The van der Waals surface area contributed by atoms with E-state index >= 15 is 0 Å². The third kappa shape index (κ3) is 2.73. The molecular formula is C20H24N4O. The highest BCUT2D eigenvalue weighted by Gasteiger charge is 2.21. The smallest absolute Gasteiger partial charge is 0.165 e. The summed E-state index contributed by atoms with van der Waals surface area (Å²) in [5.41, 5.74) is 4.99. The first kappa shape index (κ1) is 15.9.